The summed E-state index contributed by atoms with van der Waals surface area (Å²) in [6.45, 7) is 13.6. The Bertz CT molecular complexity index is 763. The minimum Gasteiger partial charge on any atom is -0.464 e. The molecule has 2 aromatic rings. The Labute approximate surface area is 179 Å². The summed E-state index contributed by atoms with van der Waals surface area (Å²) in [4.78, 5) is 13.7. The first kappa shape index (κ1) is 24.2. The number of aromatic nitrogens is 3. The molecule has 0 radical (unpaired) electrons. The van der Waals surface area contributed by atoms with Crippen LogP contribution in [0.15, 0.2) is 24.5 Å². The van der Waals surface area contributed by atoms with Gasteiger partial charge in [-0.2, -0.15) is 0 Å². The second-order valence-corrected chi connectivity index (χ2v) is 9.34. The van der Waals surface area contributed by atoms with E-state index in [9.17, 15) is 5.11 Å². The van der Waals surface area contributed by atoms with E-state index in [-0.39, 0.29) is 17.6 Å². The average molecular weight is 418 g/mol. The number of aliphatic hydroxyl groups is 1. The van der Waals surface area contributed by atoms with Gasteiger partial charge in [-0.1, -0.05) is 47.6 Å². The Morgan fingerprint density at radius 2 is 1.63 bits per heavy atom. The molecule has 1 N–H and O–H groups in total. The highest BCUT2D eigenvalue weighted by atomic mass is 16.7. The monoisotopic (exact) mass is 417 g/mol. The van der Waals surface area contributed by atoms with Crippen molar-refractivity contribution in [1.82, 2.24) is 15.0 Å². The summed E-state index contributed by atoms with van der Waals surface area (Å²) in [5.74, 6) is 1.22. The molecule has 0 saturated heterocycles. The van der Waals surface area contributed by atoms with Gasteiger partial charge in [0, 0.05) is 36.8 Å². The zero-order valence-electron chi connectivity index (χ0n) is 19.2. The van der Waals surface area contributed by atoms with Crippen molar-refractivity contribution in [2.75, 3.05) is 27.1 Å². The molecule has 0 aliphatic rings. The van der Waals surface area contributed by atoms with E-state index in [2.05, 4.69) is 46.5 Å². The summed E-state index contributed by atoms with van der Waals surface area (Å²) in [7, 11) is 1.63. The van der Waals surface area contributed by atoms with Crippen molar-refractivity contribution in [2.45, 2.75) is 64.9 Å². The standard InChI is InChI=1S/C23H35N3O4/c1-22(2,3)20-19(30-15-29-12-11-28-7)21(23(4,5)6)26-18(25-20)13-17(27)16-9-8-10-24-14-16/h8-10,14,17,27H,11-13,15H2,1-7H3. The Kier molecular flexibility index (Phi) is 8.29. The smallest absolute Gasteiger partial charge is 0.189 e. The second-order valence-electron chi connectivity index (χ2n) is 9.34. The van der Waals surface area contributed by atoms with Crippen LogP contribution in [0.1, 0.15) is 70.4 Å². The second kappa shape index (κ2) is 10.3. The van der Waals surface area contributed by atoms with Crippen LogP contribution in [0.4, 0.5) is 0 Å². The van der Waals surface area contributed by atoms with E-state index in [0.717, 1.165) is 17.0 Å². The van der Waals surface area contributed by atoms with Gasteiger partial charge in [0.1, 0.15) is 5.82 Å². The molecule has 0 saturated carbocycles. The average Bonchev–Trinajstić information content (AvgIpc) is 2.67. The van der Waals surface area contributed by atoms with E-state index in [4.69, 9.17) is 24.2 Å². The number of ether oxygens (including phenoxy) is 3. The van der Waals surface area contributed by atoms with Crippen molar-refractivity contribution in [2.24, 2.45) is 0 Å². The van der Waals surface area contributed by atoms with Gasteiger partial charge in [0.05, 0.1) is 30.7 Å². The molecule has 7 nitrogen and oxygen atoms in total. The van der Waals surface area contributed by atoms with Gasteiger partial charge in [-0.15, -0.1) is 0 Å². The molecule has 166 valence electrons. The molecule has 1 atom stereocenters. The first-order valence-electron chi connectivity index (χ1n) is 10.2. The van der Waals surface area contributed by atoms with E-state index in [1.54, 1.807) is 25.6 Å². The molecule has 0 aromatic carbocycles. The number of pyridine rings is 1. The molecule has 0 spiro atoms. The summed E-state index contributed by atoms with van der Waals surface area (Å²) in [5.41, 5.74) is 1.78. The topological polar surface area (TPSA) is 86.6 Å². The SMILES string of the molecule is COCCOCOc1c(C(C)(C)C)nc(CC(O)c2cccnc2)nc1C(C)(C)C. The lowest BCUT2D eigenvalue weighted by molar-refractivity contribution is -0.0105. The van der Waals surface area contributed by atoms with E-state index in [1.165, 1.54) is 0 Å². The molecule has 30 heavy (non-hydrogen) atoms. The van der Waals surface area contributed by atoms with Crippen LogP contribution in [0, 0.1) is 0 Å². The Morgan fingerprint density at radius 1 is 1.00 bits per heavy atom. The lowest BCUT2D eigenvalue weighted by Crippen LogP contribution is -2.25. The molecule has 0 bridgehead atoms. The van der Waals surface area contributed by atoms with E-state index >= 15 is 0 Å². The fourth-order valence-electron chi connectivity index (χ4n) is 2.91. The third-order valence-corrected chi connectivity index (χ3v) is 4.50. The van der Waals surface area contributed by atoms with Gasteiger partial charge in [0.15, 0.2) is 12.5 Å². The molecule has 2 aromatic heterocycles. The van der Waals surface area contributed by atoms with Crippen molar-refractivity contribution in [3.63, 3.8) is 0 Å². The summed E-state index contributed by atoms with van der Waals surface area (Å²) in [6.07, 6.45) is 2.91. The Balaban J connectivity index is 2.40. The fraction of sp³-hybridized carbons (Fsp3) is 0.609. The van der Waals surface area contributed by atoms with Gasteiger partial charge < -0.3 is 19.3 Å². The van der Waals surface area contributed by atoms with Crippen LogP contribution in [-0.4, -0.2) is 47.2 Å². The van der Waals surface area contributed by atoms with E-state index < -0.39 is 6.10 Å². The van der Waals surface area contributed by atoms with Gasteiger partial charge in [0.25, 0.3) is 0 Å². The van der Waals surface area contributed by atoms with Gasteiger partial charge >= 0.3 is 0 Å². The zero-order valence-corrected chi connectivity index (χ0v) is 19.2. The molecular formula is C23H35N3O4. The van der Waals surface area contributed by atoms with E-state index in [1.807, 2.05) is 6.07 Å². The van der Waals surface area contributed by atoms with Crippen molar-refractivity contribution >= 4 is 0 Å². The van der Waals surface area contributed by atoms with Crippen LogP contribution in [0.5, 0.6) is 5.75 Å². The van der Waals surface area contributed by atoms with Crippen LogP contribution in [0.3, 0.4) is 0 Å². The maximum absolute atomic E-state index is 10.7. The van der Waals surface area contributed by atoms with Crippen molar-refractivity contribution < 1.29 is 19.3 Å². The molecule has 0 aliphatic heterocycles. The molecule has 2 heterocycles. The summed E-state index contributed by atoms with van der Waals surface area (Å²) in [6, 6.07) is 3.66. The molecule has 7 heteroatoms. The van der Waals surface area contributed by atoms with Crippen molar-refractivity contribution in [3.8, 4) is 5.75 Å². The molecule has 0 amide bonds. The predicted octanol–water partition coefficient (Wildman–Crippen LogP) is 3.74. The maximum Gasteiger partial charge on any atom is 0.189 e. The third-order valence-electron chi connectivity index (χ3n) is 4.50. The van der Waals surface area contributed by atoms with Gasteiger partial charge in [-0.25, -0.2) is 9.97 Å². The van der Waals surface area contributed by atoms with Crippen molar-refractivity contribution in [3.05, 3.63) is 47.3 Å². The lowest BCUT2D eigenvalue weighted by Gasteiger charge is -2.28. The summed E-state index contributed by atoms with van der Waals surface area (Å²) >= 11 is 0. The molecular weight excluding hydrogens is 382 g/mol. The largest absolute Gasteiger partial charge is 0.464 e. The number of rotatable bonds is 9. The van der Waals surface area contributed by atoms with Crippen LogP contribution in [0.2, 0.25) is 0 Å². The van der Waals surface area contributed by atoms with Gasteiger partial charge in [-0.3, -0.25) is 4.98 Å². The third kappa shape index (κ3) is 6.72. The Morgan fingerprint density at radius 3 is 2.13 bits per heavy atom. The first-order valence-corrected chi connectivity index (χ1v) is 10.2. The molecule has 2 rings (SSSR count). The van der Waals surface area contributed by atoms with Crippen LogP contribution < -0.4 is 4.74 Å². The normalized spacial score (nSPS) is 13.3. The minimum absolute atomic E-state index is 0.0938. The van der Waals surface area contributed by atoms with Gasteiger partial charge in [-0.05, 0) is 11.6 Å². The van der Waals surface area contributed by atoms with Gasteiger partial charge in [0.2, 0.25) is 0 Å². The summed E-state index contributed by atoms with van der Waals surface area (Å²) in [5, 5.41) is 10.7. The van der Waals surface area contributed by atoms with Crippen LogP contribution in [0.25, 0.3) is 0 Å². The van der Waals surface area contributed by atoms with E-state index in [0.29, 0.717) is 31.2 Å². The minimum atomic E-state index is -0.733. The highest BCUT2D eigenvalue weighted by molar-refractivity contribution is 5.41. The zero-order chi connectivity index (χ0) is 22.4. The predicted molar refractivity (Wildman–Crippen MR) is 116 cm³/mol. The fourth-order valence-corrected chi connectivity index (χ4v) is 2.91. The highest BCUT2D eigenvalue weighted by Crippen LogP contribution is 2.38. The first-order chi connectivity index (χ1) is 14.0. The van der Waals surface area contributed by atoms with Crippen LogP contribution in [-0.2, 0) is 26.7 Å². The lowest BCUT2D eigenvalue weighted by atomic mass is 9.85. The quantitative estimate of drug-likeness (QED) is 0.491. The molecule has 0 aliphatic carbocycles. The number of hydrogen-bond acceptors (Lipinski definition) is 7. The maximum atomic E-state index is 10.7. The Hall–Kier alpha value is -2.09. The van der Waals surface area contributed by atoms with Crippen molar-refractivity contribution in [1.29, 1.82) is 0 Å². The number of nitrogens with zero attached hydrogens (tertiary/aromatic N) is 3. The highest BCUT2D eigenvalue weighted by Gasteiger charge is 2.31. The summed E-state index contributed by atoms with van der Waals surface area (Å²) < 4.78 is 16.6. The number of methoxy groups -OCH3 is 1. The van der Waals surface area contributed by atoms with Crippen LogP contribution >= 0.6 is 0 Å². The molecule has 0 fully saturated rings. The number of hydrogen-bond donors (Lipinski definition) is 1. The number of aliphatic hydroxyl groups excluding tert-OH is 1. The molecule has 1 unspecified atom stereocenters.